The highest BCUT2D eigenvalue weighted by molar-refractivity contribution is 5.68. The maximum Gasteiger partial charge on any atom is 0.410 e. The molecule has 0 aliphatic carbocycles. The molecular formula is C16H20F2N2O4. The lowest BCUT2D eigenvalue weighted by molar-refractivity contribution is -0.529. The fourth-order valence-electron chi connectivity index (χ4n) is 2.77. The van der Waals surface area contributed by atoms with Crippen LogP contribution in [0.5, 0.6) is 0 Å². The SMILES string of the molecule is CC(C)(C)OC(=O)N1CCC(c2ccc(F)c(F)c2)C([N+](=O)[O-])C1. The van der Waals surface area contributed by atoms with Crippen LogP contribution in [-0.2, 0) is 4.74 Å². The molecule has 0 bridgehead atoms. The number of hydrogen-bond donors (Lipinski definition) is 0. The fraction of sp³-hybridized carbons (Fsp3) is 0.562. The predicted molar refractivity (Wildman–Crippen MR) is 82.3 cm³/mol. The second-order valence-electron chi connectivity index (χ2n) is 6.85. The minimum atomic E-state index is -1.10. The molecule has 2 unspecified atom stereocenters. The van der Waals surface area contributed by atoms with Crippen molar-refractivity contribution < 1.29 is 23.2 Å². The highest BCUT2D eigenvalue weighted by atomic mass is 19.2. The molecule has 0 saturated carbocycles. The molecule has 2 rings (SSSR count). The summed E-state index contributed by atoms with van der Waals surface area (Å²) in [7, 11) is 0. The summed E-state index contributed by atoms with van der Waals surface area (Å²) in [6.07, 6.45) is -0.339. The number of halogens is 2. The van der Waals surface area contributed by atoms with Crippen LogP contribution in [0, 0.1) is 21.7 Å². The van der Waals surface area contributed by atoms with E-state index >= 15 is 0 Å². The molecule has 1 heterocycles. The minimum Gasteiger partial charge on any atom is -0.444 e. The van der Waals surface area contributed by atoms with Gasteiger partial charge in [-0.1, -0.05) is 6.07 Å². The lowest BCUT2D eigenvalue weighted by Gasteiger charge is -2.35. The number of carbonyl (C=O) groups excluding carboxylic acids is 1. The third kappa shape index (κ3) is 4.18. The summed E-state index contributed by atoms with van der Waals surface area (Å²) in [5.41, 5.74) is -0.336. The Labute approximate surface area is 138 Å². The molecule has 0 aromatic heterocycles. The maximum atomic E-state index is 13.4. The van der Waals surface area contributed by atoms with E-state index < -0.39 is 40.2 Å². The molecule has 24 heavy (non-hydrogen) atoms. The standard InChI is InChI=1S/C16H20F2N2O4/c1-16(2,3)24-15(21)19-7-6-11(14(9-19)20(22)23)10-4-5-12(17)13(18)8-10/h4-5,8,11,14H,6-7,9H2,1-3H3. The van der Waals surface area contributed by atoms with E-state index in [1.165, 1.54) is 11.0 Å². The number of amides is 1. The number of nitrogens with zero attached hydrogens (tertiary/aromatic N) is 2. The molecule has 1 aliphatic rings. The third-order valence-corrected chi connectivity index (χ3v) is 3.88. The summed E-state index contributed by atoms with van der Waals surface area (Å²) >= 11 is 0. The number of nitro groups is 1. The van der Waals surface area contributed by atoms with Crippen molar-refractivity contribution in [2.24, 2.45) is 0 Å². The number of ether oxygens (including phenoxy) is 1. The average molecular weight is 342 g/mol. The van der Waals surface area contributed by atoms with E-state index in [0.29, 0.717) is 5.56 Å². The molecule has 1 fully saturated rings. The number of hydrogen-bond acceptors (Lipinski definition) is 4. The smallest absolute Gasteiger partial charge is 0.410 e. The second kappa shape index (κ2) is 6.70. The molecule has 1 amide bonds. The molecule has 0 spiro atoms. The highest BCUT2D eigenvalue weighted by Gasteiger charge is 2.41. The van der Waals surface area contributed by atoms with Gasteiger partial charge in [0.2, 0.25) is 6.04 Å². The van der Waals surface area contributed by atoms with Gasteiger partial charge in [-0.2, -0.15) is 0 Å². The molecule has 0 radical (unpaired) electrons. The average Bonchev–Trinajstić information content (AvgIpc) is 2.47. The van der Waals surface area contributed by atoms with Crippen molar-refractivity contribution >= 4 is 6.09 Å². The van der Waals surface area contributed by atoms with E-state index in [9.17, 15) is 23.7 Å². The zero-order valence-corrected chi connectivity index (χ0v) is 13.8. The van der Waals surface area contributed by atoms with Gasteiger partial charge in [-0.25, -0.2) is 13.6 Å². The van der Waals surface area contributed by atoms with Gasteiger partial charge < -0.3 is 9.64 Å². The Kier molecular flexibility index (Phi) is 5.05. The van der Waals surface area contributed by atoms with E-state index in [1.807, 2.05) is 0 Å². The largest absolute Gasteiger partial charge is 0.444 e. The predicted octanol–water partition coefficient (Wildman–Crippen LogP) is 3.33. The molecule has 132 valence electrons. The molecule has 2 atom stereocenters. The Balaban J connectivity index is 2.18. The monoisotopic (exact) mass is 342 g/mol. The van der Waals surface area contributed by atoms with Crippen LogP contribution in [0.4, 0.5) is 13.6 Å². The van der Waals surface area contributed by atoms with Crippen molar-refractivity contribution in [1.82, 2.24) is 4.90 Å². The quantitative estimate of drug-likeness (QED) is 0.610. The molecule has 1 aromatic carbocycles. The van der Waals surface area contributed by atoms with Crippen LogP contribution in [0.25, 0.3) is 0 Å². The van der Waals surface area contributed by atoms with E-state index in [4.69, 9.17) is 4.74 Å². The van der Waals surface area contributed by atoms with Crippen molar-refractivity contribution in [3.8, 4) is 0 Å². The maximum absolute atomic E-state index is 13.4. The van der Waals surface area contributed by atoms with E-state index in [-0.39, 0.29) is 19.5 Å². The Morgan fingerprint density at radius 2 is 2.00 bits per heavy atom. The number of likely N-dealkylation sites (tertiary alicyclic amines) is 1. The van der Waals surface area contributed by atoms with Crippen LogP contribution in [0.3, 0.4) is 0 Å². The van der Waals surface area contributed by atoms with Crippen molar-refractivity contribution in [2.75, 3.05) is 13.1 Å². The summed E-state index contributed by atoms with van der Waals surface area (Å²) in [5.74, 6) is -2.62. The Morgan fingerprint density at radius 3 is 2.54 bits per heavy atom. The van der Waals surface area contributed by atoms with Gasteiger partial charge in [0.05, 0.1) is 12.5 Å². The number of piperidine rings is 1. The van der Waals surface area contributed by atoms with Gasteiger partial charge in [0.15, 0.2) is 11.6 Å². The first-order valence-electron chi connectivity index (χ1n) is 7.65. The van der Waals surface area contributed by atoms with Gasteiger partial charge in [-0.3, -0.25) is 10.1 Å². The molecule has 6 nitrogen and oxygen atoms in total. The topological polar surface area (TPSA) is 72.7 Å². The summed E-state index contributed by atoms with van der Waals surface area (Å²) < 4.78 is 31.7. The highest BCUT2D eigenvalue weighted by Crippen LogP contribution is 2.31. The van der Waals surface area contributed by atoms with Gasteiger partial charge >= 0.3 is 6.09 Å². The van der Waals surface area contributed by atoms with Crippen LogP contribution in [0.1, 0.15) is 38.7 Å². The van der Waals surface area contributed by atoms with Crippen LogP contribution < -0.4 is 0 Å². The van der Waals surface area contributed by atoms with Crippen molar-refractivity contribution in [3.05, 3.63) is 45.5 Å². The van der Waals surface area contributed by atoms with E-state index in [0.717, 1.165) is 12.1 Å². The Bertz CT molecular complexity index is 645. The van der Waals surface area contributed by atoms with Crippen molar-refractivity contribution in [3.63, 3.8) is 0 Å². The zero-order valence-electron chi connectivity index (χ0n) is 13.8. The molecule has 1 aliphatic heterocycles. The molecule has 1 saturated heterocycles. The van der Waals surface area contributed by atoms with E-state index in [2.05, 4.69) is 0 Å². The first-order chi connectivity index (χ1) is 11.1. The zero-order chi connectivity index (χ0) is 18.1. The van der Waals surface area contributed by atoms with Gasteiger partial charge in [-0.15, -0.1) is 0 Å². The van der Waals surface area contributed by atoms with Crippen molar-refractivity contribution in [1.29, 1.82) is 0 Å². The molecule has 1 aromatic rings. The van der Waals surface area contributed by atoms with Crippen LogP contribution >= 0.6 is 0 Å². The second-order valence-corrected chi connectivity index (χ2v) is 6.85. The fourth-order valence-corrected chi connectivity index (χ4v) is 2.77. The van der Waals surface area contributed by atoms with Gasteiger partial charge in [0.25, 0.3) is 0 Å². The molecule has 8 heteroatoms. The Morgan fingerprint density at radius 1 is 1.33 bits per heavy atom. The van der Waals surface area contributed by atoms with Gasteiger partial charge in [0.1, 0.15) is 5.60 Å². The lowest BCUT2D eigenvalue weighted by Crippen LogP contribution is -2.50. The summed E-state index contributed by atoms with van der Waals surface area (Å²) in [6.45, 7) is 5.26. The lowest BCUT2D eigenvalue weighted by atomic mass is 9.85. The number of rotatable bonds is 2. The summed E-state index contributed by atoms with van der Waals surface area (Å²) in [4.78, 5) is 24.3. The van der Waals surface area contributed by atoms with E-state index in [1.54, 1.807) is 20.8 Å². The van der Waals surface area contributed by atoms with Crippen LogP contribution in [-0.4, -0.2) is 40.6 Å². The van der Waals surface area contributed by atoms with Crippen LogP contribution in [0.15, 0.2) is 18.2 Å². The summed E-state index contributed by atoms with van der Waals surface area (Å²) in [5, 5.41) is 11.4. The first-order valence-corrected chi connectivity index (χ1v) is 7.65. The minimum absolute atomic E-state index is 0.133. The van der Waals surface area contributed by atoms with Gasteiger partial charge in [0, 0.05) is 11.5 Å². The Hall–Kier alpha value is -2.25. The number of carbonyl (C=O) groups is 1. The first kappa shape index (κ1) is 18.1. The number of benzene rings is 1. The third-order valence-electron chi connectivity index (χ3n) is 3.88. The normalized spacial score (nSPS) is 21.5. The molecule has 0 N–H and O–H groups in total. The van der Waals surface area contributed by atoms with Crippen molar-refractivity contribution in [2.45, 2.75) is 44.8 Å². The summed E-state index contributed by atoms with van der Waals surface area (Å²) in [6, 6.07) is 2.20. The van der Waals surface area contributed by atoms with Crippen LogP contribution in [0.2, 0.25) is 0 Å². The molecular weight excluding hydrogens is 322 g/mol. The van der Waals surface area contributed by atoms with Gasteiger partial charge in [-0.05, 0) is 44.9 Å².